The summed E-state index contributed by atoms with van der Waals surface area (Å²) in [7, 11) is 0. The maximum absolute atomic E-state index is 13.9. The second-order valence-electron chi connectivity index (χ2n) is 11.4. The Hall–Kier alpha value is -3.16. The molecule has 220 valence electrons. The zero-order chi connectivity index (χ0) is 29.2. The third-order valence-corrected chi connectivity index (χ3v) is 8.67. The first-order valence-corrected chi connectivity index (χ1v) is 15.3. The molecule has 1 heterocycles. The summed E-state index contributed by atoms with van der Waals surface area (Å²) >= 11 is 6.22. The first kappa shape index (κ1) is 30.8. The Morgan fingerprint density at radius 2 is 1.78 bits per heavy atom. The van der Waals surface area contributed by atoms with Crippen LogP contribution >= 0.6 is 11.6 Å². The number of halogens is 1. The predicted molar refractivity (Wildman–Crippen MR) is 164 cm³/mol. The van der Waals surface area contributed by atoms with Crippen molar-refractivity contribution >= 4 is 35.4 Å². The Labute approximate surface area is 248 Å². The average molecular weight is 579 g/mol. The second kappa shape index (κ2) is 14.6. The highest BCUT2D eigenvalue weighted by Gasteiger charge is 2.45. The molecule has 4 rings (SSSR count). The van der Waals surface area contributed by atoms with Crippen molar-refractivity contribution in [3.63, 3.8) is 0 Å². The molecule has 1 fully saturated rings. The van der Waals surface area contributed by atoms with Crippen molar-refractivity contribution in [3.8, 4) is 0 Å². The summed E-state index contributed by atoms with van der Waals surface area (Å²) < 4.78 is 0. The van der Waals surface area contributed by atoms with E-state index < -0.39 is 17.6 Å². The van der Waals surface area contributed by atoms with Gasteiger partial charge >= 0.3 is 0 Å². The molecule has 0 unspecified atom stereocenters. The molecule has 1 spiro atoms. The van der Waals surface area contributed by atoms with E-state index in [2.05, 4.69) is 47.2 Å². The van der Waals surface area contributed by atoms with Crippen molar-refractivity contribution in [2.75, 3.05) is 13.1 Å². The number of benzene rings is 2. The summed E-state index contributed by atoms with van der Waals surface area (Å²) in [5.74, 6) is -0.648. The lowest BCUT2D eigenvalue weighted by molar-refractivity contribution is -0.137. The number of hydrogen-bond donors (Lipinski definition) is 4. The lowest BCUT2D eigenvalue weighted by Gasteiger charge is -2.34. The van der Waals surface area contributed by atoms with E-state index in [1.807, 2.05) is 36.4 Å². The number of amides is 3. The third kappa shape index (κ3) is 8.20. The van der Waals surface area contributed by atoms with E-state index in [0.29, 0.717) is 31.0 Å². The summed E-state index contributed by atoms with van der Waals surface area (Å²) in [6.45, 7) is 5.16. The zero-order valence-electron chi connectivity index (χ0n) is 24.2. The lowest BCUT2D eigenvalue weighted by atomic mass is 9.92. The van der Waals surface area contributed by atoms with Gasteiger partial charge in [-0.2, -0.15) is 0 Å². The molecule has 2 aromatic carbocycles. The summed E-state index contributed by atoms with van der Waals surface area (Å²) in [5, 5.41) is 13.2. The molecule has 41 heavy (non-hydrogen) atoms. The standard InChI is InChI=1S/C33H43ClN4O3/c1-3-23(2)29-31(40)38-33(17-6-7-18-33)32(41)37-28(22-24-11-8-16-27(34)21-24)30(39)36-20-10-15-26-13-5-4-12-25(26)14-9-19-35-29/h4-5,8,10-13,15-16,21,23,28-29,35H,3,6-7,9,14,17-20,22H2,1-2H3,(H,36,39)(H,37,41)(H,38,40)/b15-10-/t23-,28-,29-/m0/s1. The Morgan fingerprint density at radius 3 is 2.54 bits per heavy atom. The number of carbonyl (C=O) groups is 3. The van der Waals surface area contributed by atoms with Crippen LogP contribution in [-0.4, -0.2) is 48.4 Å². The largest absolute Gasteiger partial charge is 0.351 e. The van der Waals surface area contributed by atoms with Gasteiger partial charge in [0.2, 0.25) is 17.7 Å². The van der Waals surface area contributed by atoms with Gasteiger partial charge in [-0.3, -0.25) is 14.4 Å². The minimum atomic E-state index is -1.04. The fourth-order valence-electron chi connectivity index (χ4n) is 5.82. The van der Waals surface area contributed by atoms with Crippen LogP contribution < -0.4 is 21.3 Å². The molecule has 0 bridgehead atoms. The predicted octanol–water partition coefficient (Wildman–Crippen LogP) is 4.58. The van der Waals surface area contributed by atoms with E-state index in [0.717, 1.165) is 43.2 Å². The molecule has 0 aromatic heterocycles. The number of carbonyl (C=O) groups excluding carboxylic acids is 3. The van der Waals surface area contributed by atoms with Crippen LogP contribution in [0.4, 0.5) is 0 Å². The van der Waals surface area contributed by atoms with E-state index in [4.69, 9.17) is 11.6 Å². The third-order valence-electron chi connectivity index (χ3n) is 8.43. The Bertz CT molecular complexity index is 1240. The monoisotopic (exact) mass is 578 g/mol. The molecule has 4 N–H and O–H groups in total. The van der Waals surface area contributed by atoms with Gasteiger partial charge in [0.15, 0.2) is 0 Å². The summed E-state index contributed by atoms with van der Waals surface area (Å²) in [6.07, 6.45) is 9.58. The summed E-state index contributed by atoms with van der Waals surface area (Å²) in [4.78, 5) is 41.1. The SMILES string of the molecule is CC[C@H](C)[C@@H]1NCCCc2ccccc2/C=C\CNC(=O)[C@H](Cc2cccc(Cl)c2)NC(=O)C2(CCCC2)NC1=O. The average Bonchev–Trinajstić information content (AvgIpc) is 3.44. The van der Waals surface area contributed by atoms with E-state index in [1.165, 1.54) is 5.56 Å². The fourth-order valence-corrected chi connectivity index (χ4v) is 6.04. The zero-order valence-corrected chi connectivity index (χ0v) is 24.9. The summed E-state index contributed by atoms with van der Waals surface area (Å²) in [6, 6.07) is 14.3. The Balaban J connectivity index is 1.64. The maximum atomic E-state index is 13.9. The Kier molecular flexibility index (Phi) is 11.0. The van der Waals surface area contributed by atoms with Gasteiger partial charge in [-0.25, -0.2) is 0 Å². The van der Waals surface area contributed by atoms with Crippen LogP contribution in [0.3, 0.4) is 0 Å². The van der Waals surface area contributed by atoms with Gasteiger partial charge in [0, 0.05) is 18.0 Å². The smallest absolute Gasteiger partial charge is 0.246 e. The maximum Gasteiger partial charge on any atom is 0.246 e. The first-order chi connectivity index (χ1) is 19.8. The van der Waals surface area contributed by atoms with Crippen molar-refractivity contribution in [2.24, 2.45) is 5.92 Å². The van der Waals surface area contributed by atoms with Gasteiger partial charge < -0.3 is 21.3 Å². The van der Waals surface area contributed by atoms with Crippen LogP contribution in [0.1, 0.15) is 69.1 Å². The van der Waals surface area contributed by atoms with Crippen LogP contribution in [-0.2, 0) is 27.2 Å². The molecule has 1 saturated carbocycles. The molecule has 2 aliphatic rings. The molecule has 0 radical (unpaired) electrons. The number of hydrogen-bond acceptors (Lipinski definition) is 4. The van der Waals surface area contributed by atoms with E-state index in [1.54, 1.807) is 12.1 Å². The van der Waals surface area contributed by atoms with E-state index in [-0.39, 0.29) is 30.1 Å². The van der Waals surface area contributed by atoms with Gasteiger partial charge in [0.1, 0.15) is 11.6 Å². The highest BCUT2D eigenvalue weighted by atomic mass is 35.5. The van der Waals surface area contributed by atoms with Gasteiger partial charge in [-0.1, -0.05) is 93.3 Å². The van der Waals surface area contributed by atoms with Crippen molar-refractivity contribution in [3.05, 3.63) is 76.3 Å². The van der Waals surface area contributed by atoms with Gasteiger partial charge in [0.25, 0.3) is 0 Å². The quantitative estimate of drug-likeness (QED) is 0.427. The summed E-state index contributed by atoms with van der Waals surface area (Å²) in [5.41, 5.74) is 2.13. The van der Waals surface area contributed by atoms with Crippen molar-refractivity contribution in [2.45, 2.75) is 82.8 Å². The topological polar surface area (TPSA) is 99.3 Å². The molecule has 1 aliphatic carbocycles. The molecule has 3 amide bonds. The van der Waals surface area contributed by atoms with Crippen molar-refractivity contribution in [1.82, 2.24) is 21.3 Å². The lowest BCUT2D eigenvalue weighted by Crippen LogP contribution is -2.63. The van der Waals surface area contributed by atoms with Crippen LogP contribution in [0.15, 0.2) is 54.6 Å². The highest BCUT2D eigenvalue weighted by Crippen LogP contribution is 2.31. The molecular formula is C33H43ClN4O3. The number of rotatable bonds is 4. The molecule has 1 aliphatic heterocycles. The minimum absolute atomic E-state index is 0.0960. The normalized spacial score (nSPS) is 23.8. The molecule has 0 saturated heterocycles. The molecule has 2 aromatic rings. The number of fused-ring (bicyclic) bond motifs is 1. The van der Waals surface area contributed by atoms with Crippen LogP contribution in [0.5, 0.6) is 0 Å². The highest BCUT2D eigenvalue weighted by molar-refractivity contribution is 6.30. The first-order valence-electron chi connectivity index (χ1n) is 14.9. The van der Waals surface area contributed by atoms with Crippen LogP contribution in [0.25, 0.3) is 6.08 Å². The molecular weight excluding hydrogens is 536 g/mol. The minimum Gasteiger partial charge on any atom is -0.351 e. The van der Waals surface area contributed by atoms with Crippen LogP contribution in [0.2, 0.25) is 5.02 Å². The molecule has 3 atom stereocenters. The second-order valence-corrected chi connectivity index (χ2v) is 11.8. The van der Waals surface area contributed by atoms with Crippen molar-refractivity contribution in [1.29, 1.82) is 0 Å². The van der Waals surface area contributed by atoms with Crippen molar-refractivity contribution < 1.29 is 14.4 Å². The van der Waals surface area contributed by atoms with E-state index in [9.17, 15) is 14.4 Å². The van der Waals surface area contributed by atoms with Gasteiger partial charge in [0.05, 0.1) is 6.04 Å². The fraction of sp³-hybridized carbons (Fsp3) is 0.485. The Morgan fingerprint density at radius 1 is 1.00 bits per heavy atom. The van der Waals surface area contributed by atoms with Crippen LogP contribution in [0, 0.1) is 5.92 Å². The number of aryl methyl sites for hydroxylation is 1. The molecule has 8 heteroatoms. The molecule has 7 nitrogen and oxygen atoms in total. The van der Waals surface area contributed by atoms with Gasteiger partial charge in [-0.15, -0.1) is 0 Å². The van der Waals surface area contributed by atoms with E-state index >= 15 is 0 Å². The number of nitrogens with one attached hydrogen (secondary N) is 4. The van der Waals surface area contributed by atoms with Gasteiger partial charge in [-0.05, 0) is 67.0 Å².